The molecule has 68 heavy (non-hydrogen) atoms. The summed E-state index contributed by atoms with van der Waals surface area (Å²) in [5, 5.41) is 17.2. The Balaban J connectivity index is 0.000000367. The van der Waals surface area contributed by atoms with Crippen LogP contribution in [0.25, 0.3) is 10.8 Å². The number of para-hydroxylation sites is 1. The first kappa shape index (κ1) is 56.0. The fourth-order valence-corrected chi connectivity index (χ4v) is 7.54. The van der Waals surface area contributed by atoms with Crippen molar-refractivity contribution in [3.05, 3.63) is 77.6 Å². The van der Waals surface area contributed by atoms with Crippen LogP contribution in [0.4, 0.5) is 5.69 Å². The first-order valence-corrected chi connectivity index (χ1v) is 23.2. The number of aromatic nitrogens is 1. The van der Waals surface area contributed by atoms with E-state index >= 15 is 0 Å². The second-order valence-corrected chi connectivity index (χ2v) is 16.3. The number of benzene rings is 3. The zero-order valence-corrected chi connectivity index (χ0v) is 41.4. The molecule has 4 aromatic rings. The summed E-state index contributed by atoms with van der Waals surface area (Å²) >= 11 is 0. The molecule has 5 atom stereocenters. The fraction of sp³-hybridized carbons (Fsp3) is 0.490. The lowest BCUT2D eigenvalue weighted by Gasteiger charge is -2.29. The number of rotatable bonds is 21. The van der Waals surface area contributed by atoms with Gasteiger partial charge in [-0.2, -0.15) is 0 Å². The van der Waals surface area contributed by atoms with Gasteiger partial charge in [-0.1, -0.05) is 52.2 Å². The third-order valence-corrected chi connectivity index (χ3v) is 10.7. The Bertz CT molecular complexity index is 2290. The van der Waals surface area contributed by atoms with E-state index in [4.69, 9.17) is 33.2 Å². The number of hydrogen-bond acceptors (Lipinski definition) is 14. The van der Waals surface area contributed by atoms with Crippen molar-refractivity contribution >= 4 is 59.1 Å². The van der Waals surface area contributed by atoms with Crippen LogP contribution in [0.5, 0.6) is 28.7 Å². The monoisotopic (exact) mass is 965 g/mol. The Labute approximate surface area is 405 Å². The number of halogens is 1. The van der Waals surface area contributed by atoms with Gasteiger partial charge in [0, 0.05) is 24.4 Å². The molecule has 0 radical (unpaired) electrons. The number of hydrogen-bond donors (Lipinski definition) is 3. The van der Waals surface area contributed by atoms with Gasteiger partial charge < -0.3 is 48.9 Å². The van der Waals surface area contributed by atoms with Crippen LogP contribution < -0.4 is 29.6 Å². The Morgan fingerprint density at radius 2 is 1.44 bits per heavy atom. The van der Waals surface area contributed by atoms with E-state index in [1.165, 1.54) is 32.0 Å². The minimum absolute atomic E-state index is 0. The fourth-order valence-electron chi connectivity index (χ4n) is 7.54. The molecule has 1 aromatic heterocycles. The van der Waals surface area contributed by atoms with E-state index in [2.05, 4.69) is 21.7 Å². The number of pyridine rings is 1. The molecule has 0 aliphatic carbocycles. The van der Waals surface area contributed by atoms with Crippen LogP contribution in [0, 0.1) is 11.8 Å². The highest BCUT2D eigenvalue weighted by Crippen LogP contribution is 2.36. The molecule has 0 bridgehead atoms. The summed E-state index contributed by atoms with van der Waals surface area (Å²) < 4.78 is 39.9. The zero-order chi connectivity index (χ0) is 49.0. The maximum atomic E-state index is 13.3. The molecule has 0 spiro atoms. The van der Waals surface area contributed by atoms with Gasteiger partial charge in [0.1, 0.15) is 12.2 Å². The molecule has 2 amide bonds. The van der Waals surface area contributed by atoms with Gasteiger partial charge in [-0.15, -0.1) is 12.4 Å². The SMILES string of the molecule is CCCCCC1C(=O)OC(C)C(NC(=O)c2cccc(NC=O)c2O)C(=O)OC(C)C1OC(=O)CC(C)C.CCOc1ccc(Cc2nccc3cc(OCC)c(OCC)cc23)cc1OCC.Cl. The molecular formula is C51H68ClN3O13. The van der Waals surface area contributed by atoms with Crippen molar-refractivity contribution in [3.8, 4) is 28.7 Å². The highest BCUT2D eigenvalue weighted by molar-refractivity contribution is 6.01. The number of nitrogens with one attached hydrogen (secondary N) is 2. The second-order valence-electron chi connectivity index (χ2n) is 16.3. The van der Waals surface area contributed by atoms with Gasteiger partial charge >= 0.3 is 17.9 Å². The molecule has 2 heterocycles. The van der Waals surface area contributed by atoms with Crippen LogP contribution in [0.1, 0.15) is 116 Å². The standard InChI is InChI=1S/C27H38N2O9.C24H29NO4.ClH/c1-6-7-8-10-19-24(38-21(31)13-15(2)3)17(5)37-27(35)22(16(4)36-26(19)34)29-25(33)18-11-9-12-20(23(18)32)28-14-30;1-5-26-21-10-9-17(14-22(21)27-6-2)13-20-19-16-24(29-8-4)23(28-7-3)15-18(19)11-12-25-20;/h9,11-12,14-17,19,22,24,32H,6-8,10,13H2,1-5H3,(H,28,30)(H,29,33);9-12,14-16H,5-8,13H2,1-4H3;1H. The molecule has 3 N–H and O–H groups in total. The maximum absolute atomic E-state index is 13.3. The lowest BCUT2D eigenvalue weighted by Crippen LogP contribution is -2.50. The van der Waals surface area contributed by atoms with E-state index in [9.17, 15) is 29.1 Å². The highest BCUT2D eigenvalue weighted by atomic mass is 35.5. The quantitative estimate of drug-likeness (QED) is 0.0234. The Kier molecular flexibility index (Phi) is 23.2. The Morgan fingerprint density at radius 1 is 0.809 bits per heavy atom. The van der Waals surface area contributed by atoms with Crippen molar-refractivity contribution in [1.29, 1.82) is 0 Å². The lowest BCUT2D eigenvalue weighted by atomic mass is 9.92. The summed E-state index contributed by atoms with van der Waals surface area (Å²) in [4.78, 5) is 67.4. The molecular weight excluding hydrogens is 898 g/mol. The van der Waals surface area contributed by atoms with Crippen LogP contribution in [0.2, 0.25) is 0 Å². The zero-order valence-electron chi connectivity index (χ0n) is 40.6. The summed E-state index contributed by atoms with van der Waals surface area (Å²) in [5.41, 5.74) is 1.88. The number of fused-ring (bicyclic) bond motifs is 1. The number of amides is 2. The number of carbonyl (C=O) groups is 5. The average Bonchev–Trinajstić information content (AvgIpc) is 3.30. The first-order valence-electron chi connectivity index (χ1n) is 23.2. The van der Waals surface area contributed by atoms with E-state index in [0.29, 0.717) is 52.1 Å². The number of carbonyl (C=O) groups excluding carboxylic acids is 5. The van der Waals surface area contributed by atoms with E-state index in [-0.39, 0.29) is 36.0 Å². The first-order chi connectivity index (χ1) is 32.2. The van der Waals surface area contributed by atoms with Crippen molar-refractivity contribution in [2.45, 2.75) is 125 Å². The largest absolute Gasteiger partial charge is 0.505 e. The van der Waals surface area contributed by atoms with Crippen molar-refractivity contribution in [1.82, 2.24) is 10.3 Å². The molecule has 1 fully saturated rings. The van der Waals surface area contributed by atoms with Gasteiger partial charge in [-0.25, -0.2) is 4.79 Å². The normalized spacial score (nSPS) is 17.9. The number of cyclic esters (lactones) is 2. The maximum Gasteiger partial charge on any atom is 0.332 e. The predicted octanol–water partition coefficient (Wildman–Crippen LogP) is 8.93. The van der Waals surface area contributed by atoms with Crippen molar-refractivity contribution in [2.24, 2.45) is 11.8 Å². The summed E-state index contributed by atoms with van der Waals surface area (Å²) in [6.45, 7) is 19.0. The van der Waals surface area contributed by atoms with Crippen LogP contribution in [0.3, 0.4) is 0 Å². The number of anilines is 1. The minimum atomic E-state index is -1.42. The van der Waals surface area contributed by atoms with Crippen LogP contribution in [0.15, 0.2) is 60.8 Å². The molecule has 0 saturated carbocycles. The van der Waals surface area contributed by atoms with Crippen LogP contribution >= 0.6 is 12.4 Å². The number of phenols is 1. The molecule has 1 aliphatic rings. The van der Waals surface area contributed by atoms with E-state index < -0.39 is 59.8 Å². The highest BCUT2D eigenvalue weighted by Gasteiger charge is 2.44. The van der Waals surface area contributed by atoms with Gasteiger partial charge in [0.15, 0.2) is 40.9 Å². The van der Waals surface area contributed by atoms with Crippen molar-refractivity contribution < 1.29 is 62.2 Å². The van der Waals surface area contributed by atoms with Gasteiger partial charge in [-0.05, 0) is 107 Å². The lowest BCUT2D eigenvalue weighted by molar-refractivity contribution is -0.175. The van der Waals surface area contributed by atoms with E-state index in [0.717, 1.165) is 57.9 Å². The van der Waals surface area contributed by atoms with E-state index in [1.807, 2.05) is 85.0 Å². The van der Waals surface area contributed by atoms with Crippen molar-refractivity contribution in [2.75, 3.05) is 31.7 Å². The topological polar surface area (TPSA) is 207 Å². The van der Waals surface area contributed by atoms with Crippen LogP contribution in [-0.4, -0.2) is 91.1 Å². The molecule has 5 rings (SSSR count). The third-order valence-electron chi connectivity index (χ3n) is 10.7. The summed E-state index contributed by atoms with van der Waals surface area (Å²) in [6.07, 6.45) is 2.59. The Morgan fingerprint density at radius 3 is 2.07 bits per heavy atom. The van der Waals surface area contributed by atoms with Crippen molar-refractivity contribution in [3.63, 3.8) is 0 Å². The minimum Gasteiger partial charge on any atom is -0.505 e. The second kappa shape index (κ2) is 28.1. The van der Waals surface area contributed by atoms with Crippen LogP contribution in [-0.2, 0) is 39.8 Å². The number of aromatic hydroxyl groups is 1. The summed E-state index contributed by atoms with van der Waals surface area (Å²) in [6, 6.07) is 14.8. The molecule has 1 saturated heterocycles. The predicted molar refractivity (Wildman–Crippen MR) is 260 cm³/mol. The van der Waals surface area contributed by atoms with E-state index in [1.54, 1.807) is 0 Å². The summed E-state index contributed by atoms with van der Waals surface area (Å²) in [5.74, 6) is -1.23. The molecule has 16 nitrogen and oxygen atoms in total. The molecule has 3 aromatic carbocycles. The average molecular weight is 967 g/mol. The molecule has 1 aliphatic heterocycles. The number of nitrogens with zero attached hydrogens (tertiary/aromatic N) is 1. The number of unbranched alkanes of at least 4 members (excludes halogenated alkanes) is 2. The Hall–Kier alpha value is -6.29. The van der Waals surface area contributed by atoms with Gasteiger partial charge in [-0.3, -0.25) is 24.2 Å². The van der Waals surface area contributed by atoms with Gasteiger partial charge in [0.2, 0.25) is 6.41 Å². The molecule has 5 unspecified atom stereocenters. The third kappa shape index (κ3) is 15.6. The smallest absolute Gasteiger partial charge is 0.332 e. The van der Waals surface area contributed by atoms with Gasteiger partial charge in [0.25, 0.3) is 5.91 Å². The number of esters is 3. The number of ether oxygens (including phenoxy) is 7. The summed E-state index contributed by atoms with van der Waals surface area (Å²) in [7, 11) is 0. The molecule has 17 heteroatoms. The molecule has 372 valence electrons. The van der Waals surface area contributed by atoms with Gasteiger partial charge in [0.05, 0.1) is 49.3 Å². The number of phenolic OH excluding ortho intramolecular Hbond substituents is 1.